The minimum atomic E-state index is 0.0699. The van der Waals surface area contributed by atoms with E-state index < -0.39 is 0 Å². The lowest BCUT2D eigenvalue weighted by atomic mass is 9.93. The predicted octanol–water partition coefficient (Wildman–Crippen LogP) is 2.97. The van der Waals surface area contributed by atoms with Gasteiger partial charge in [-0.15, -0.1) is 5.10 Å². The second kappa shape index (κ2) is 5.95. The van der Waals surface area contributed by atoms with E-state index in [0.29, 0.717) is 6.04 Å². The van der Waals surface area contributed by atoms with Crippen molar-refractivity contribution in [1.82, 2.24) is 20.2 Å². The predicted molar refractivity (Wildman–Crippen MR) is 86.6 cm³/mol. The fourth-order valence-corrected chi connectivity index (χ4v) is 2.96. The molecule has 118 valence electrons. The number of hydrogen-bond donors (Lipinski definition) is 1. The Balaban J connectivity index is 1.53. The summed E-state index contributed by atoms with van der Waals surface area (Å²) in [4.78, 5) is 12.4. The molecule has 2 aliphatic rings. The molecule has 1 amide bonds. The second-order valence-corrected chi connectivity index (χ2v) is 6.23. The first-order valence-corrected chi connectivity index (χ1v) is 8.15. The summed E-state index contributed by atoms with van der Waals surface area (Å²) in [5.74, 6) is 0.929. The lowest BCUT2D eigenvalue weighted by molar-refractivity contribution is -0.120. The smallest absolute Gasteiger partial charge is 0.227 e. The molecular formula is C17H19N5O. The Morgan fingerprint density at radius 3 is 2.91 bits per heavy atom. The van der Waals surface area contributed by atoms with Crippen molar-refractivity contribution in [3.8, 4) is 11.4 Å². The first-order chi connectivity index (χ1) is 11.3. The summed E-state index contributed by atoms with van der Waals surface area (Å²) < 4.78 is 1.88. The Morgan fingerprint density at radius 2 is 2.13 bits per heavy atom. The fourth-order valence-electron chi connectivity index (χ4n) is 2.96. The van der Waals surface area contributed by atoms with Crippen molar-refractivity contribution in [2.24, 2.45) is 5.92 Å². The highest BCUT2D eigenvalue weighted by Gasteiger charge is 2.28. The van der Waals surface area contributed by atoms with Crippen LogP contribution in [0.25, 0.3) is 11.4 Å². The maximum atomic E-state index is 12.4. The van der Waals surface area contributed by atoms with E-state index in [0.717, 1.165) is 49.2 Å². The molecule has 1 unspecified atom stereocenters. The monoisotopic (exact) mass is 309 g/mol. The van der Waals surface area contributed by atoms with E-state index in [1.54, 1.807) is 0 Å². The molecule has 0 bridgehead atoms. The van der Waals surface area contributed by atoms with Crippen LogP contribution in [0.5, 0.6) is 0 Å². The molecule has 1 aromatic carbocycles. The third-order valence-corrected chi connectivity index (χ3v) is 4.41. The van der Waals surface area contributed by atoms with Crippen molar-refractivity contribution in [3.63, 3.8) is 0 Å². The molecule has 4 rings (SSSR count). The molecule has 1 heterocycles. The molecule has 23 heavy (non-hydrogen) atoms. The Bertz CT molecular complexity index is 747. The molecule has 1 atom stereocenters. The third-order valence-electron chi connectivity index (χ3n) is 4.41. The van der Waals surface area contributed by atoms with Crippen LogP contribution in [0.2, 0.25) is 0 Å². The first-order valence-electron chi connectivity index (χ1n) is 8.15. The Labute approximate surface area is 134 Å². The van der Waals surface area contributed by atoms with Crippen LogP contribution in [0.4, 0.5) is 5.69 Å². The summed E-state index contributed by atoms with van der Waals surface area (Å²) in [7, 11) is 0. The van der Waals surface area contributed by atoms with Crippen LogP contribution in [-0.4, -0.2) is 26.1 Å². The van der Waals surface area contributed by atoms with Crippen molar-refractivity contribution >= 4 is 11.6 Å². The van der Waals surface area contributed by atoms with Gasteiger partial charge in [0.25, 0.3) is 0 Å². The maximum absolute atomic E-state index is 12.4. The van der Waals surface area contributed by atoms with Gasteiger partial charge in [-0.2, -0.15) is 0 Å². The van der Waals surface area contributed by atoms with Crippen LogP contribution in [0.3, 0.4) is 0 Å². The molecule has 6 heteroatoms. The van der Waals surface area contributed by atoms with Crippen molar-refractivity contribution in [2.45, 2.75) is 38.1 Å². The van der Waals surface area contributed by atoms with Gasteiger partial charge in [-0.25, -0.2) is 4.68 Å². The number of carbonyl (C=O) groups excluding carboxylic acids is 1. The molecule has 1 aromatic heterocycles. The SMILES string of the molecule is O=C(Nc1cccc(-c2nnnn2C2CC2)c1)C1CC=CCC1. The molecule has 1 saturated carbocycles. The van der Waals surface area contributed by atoms with Crippen LogP contribution in [0.1, 0.15) is 38.1 Å². The molecule has 2 aromatic rings. The maximum Gasteiger partial charge on any atom is 0.227 e. The van der Waals surface area contributed by atoms with Gasteiger partial charge in [0.05, 0.1) is 6.04 Å². The number of aromatic nitrogens is 4. The van der Waals surface area contributed by atoms with Gasteiger partial charge >= 0.3 is 0 Å². The van der Waals surface area contributed by atoms with E-state index in [9.17, 15) is 4.79 Å². The molecule has 0 saturated heterocycles. The van der Waals surface area contributed by atoms with E-state index in [1.807, 2.05) is 28.9 Å². The molecule has 1 fully saturated rings. The number of benzene rings is 1. The normalized spacial score (nSPS) is 20.4. The average molecular weight is 309 g/mol. The number of hydrogen-bond acceptors (Lipinski definition) is 4. The Hall–Kier alpha value is -2.50. The van der Waals surface area contributed by atoms with E-state index in [4.69, 9.17) is 0 Å². The van der Waals surface area contributed by atoms with E-state index in [-0.39, 0.29) is 11.8 Å². The van der Waals surface area contributed by atoms with Gasteiger partial charge in [-0.3, -0.25) is 4.79 Å². The van der Waals surface area contributed by atoms with Crippen LogP contribution < -0.4 is 5.32 Å². The van der Waals surface area contributed by atoms with Crippen LogP contribution >= 0.6 is 0 Å². The lowest BCUT2D eigenvalue weighted by Gasteiger charge is -2.17. The number of rotatable bonds is 4. The second-order valence-electron chi connectivity index (χ2n) is 6.23. The largest absolute Gasteiger partial charge is 0.326 e. The highest BCUT2D eigenvalue weighted by Crippen LogP contribution is 2.36. The lowest BCUT2D eigenvalue weighted by Crippen LogP contribution is -2.23. The molecule has 0 radical (unpaired) electrons. The van der Waals surface area contributed by atoms with Gasteiger partial charge in [0.1, 0.15) is 0 Å². The summed E-state index contributed by atoms with van der Waals surface area (Å²) in [6.45, 7) is 0. The zero-order valence-electron chi connectivity index (χ0n) is 12.9. The van der Waals surface area contributed by atoms with Gasteiger partial charge in [0.2, 0.25) is 5.91 Å². The zero-order chi connectivity index (χ0) is 15.6. The van der Waals surface area contributed by atoms with Gasteiger partial charge in [-0.1, -0.05) is 24.3 Å². The number of allylic oxidation sites excluding steroid dienone is 2. The summed E-state index contributed by atoms with van der Waals surface area (Å²) in [5.41, 5.74) is 1.73. The van der Waals surface area contributed by atoms with Crippen LogP contribution in [0.15, 0.2) is 36.4 Å². The third kappa shape index (κ3) is 3.02. The quantitative estimate of drug-likeness (QED) is 0.881. The van der Waals surface area contributed by atoms with Crippen molar-refractivity contribution in [1.29, 1.82) is 0 Å². The summed E-state index contributed by atoms with van der Waals surface area (Å²) in [6.07, 6.45) is 9.21. The number of nitrogens with zero attached hydrogens (tertiary/aromatic N) is 4. The number of carbonyl (C=O) groups is 1. The van der Waals surface area contributed by atoms with Crippen molar-refractivity contribution < 1.29 is 4.79 Å². The number of tetrazole rings is 1. The van der Waals surface area contributed by atoms with Crippen molar-refractivity contribution in [3.05, 3.63) is 36.4 Å². The van der Waals surface area contributed by atoms with Gasteiger partial charge in [0.15, 0.2) is 5.82 Å². The molecule has 1 N–H and O–H groups in total. The Morgan fingerprint density at radius 1 is 1.22 bits per heavy atom. The molecule has 2 aliphatic carbocycles. The van der Waals surface area contributed by atoms with Gasteiger partial charge in [0, 0.05) is 17.2 Å². The summed E-state index contributed by atoms with van der Waals surface area (Å²) >= 11 is 0. The highest BCUT2D eigenvalue weighted by atomic mass is 16.1. The first kappa shape index (κ1) is 14.1. The van der Waals surface area contributed by atoms with E-state index in [1.165, 1.54) is 0 Å². The summed E-state index contributed by atoms with van der Waals surface area (Å²) in [5, 5.41) is 15.0. The minimum absolute atomic E-state index is 0.0699. The minimum Gasteiger partial charge on any atom is -0.326 e. The van der Waals surface area contributed by atoms with Crippen molar-refractivity contribution in [2.75, 3.05) is 5.32 Å². The number of anilines is 1. The summed E-state index contributed by atoms with van der Waals surface area (Å²) in [6, 6.07) is 8.18. The van der Waals surface area contributed by atoms with Crippen LogP contribution in [0, 0.1) is 5.92 Å². The highest BCUT2D eigenvalue weighted by molar-refractivity contribution is 5.93. The fraction of sp³-hybridized carbons (Fsp3) is 0.412. The molecular weight excluding hydrogens is 290 g/mol. The molecule has 0 spiro atoms. The van der Waals surface area contributed by atoms with E-state index >= 15 is 0 Å². The average Bonchev–Trinajstić information content (AvgIpc) is 3.32. The van der Waals surface area contributed by atoms with Gasteiger partial charge in [-0.05, 0) is 54.7 Å². The van der Waals surface area contributed by atoms with E-state index in [2.05, 4.69) is 33.0 Å². The Kier molecular flexibility index (Phi) is 3.65. The molecule has 0 aliphatic heterocycles. The van der Waals surface area contributed by atoms with Gasteiger partial charge < -0.3 is 5.32 Å². The zero-order valence-corrected chi connectivity index (χ0v) is 12.9. The molecule has 6 nitrogen and oxygen atoms in total. The number of amides is 1. The number of nitrogens with one attached hydrogen (secondary N) is 1. The van der Waals surface area contributed by atoms with Crippen LogP contribution in [-0.2, 0) is 4.79 Å². The topological polar surface area (TPSA) is 72.7 Å². The standard InChI is InChI=1S/C17H19N5O/c23-17(12-5-2-1-3-6-12)18-14-8-4-7-13(11-14)16-19-20-21-22(16)15-9-10-15/h1-2,4,7-8,11-12,15H,3,5-6,9-10H2,(H,18,23).